The van der Waals surface area contributed by atoms with Gasteiger partial charge in [0.25, 0.3) is 5.69 Å². The summed E-state index contributed by atoms with van der Waals surface area (Å²) in [4.78, 5) is 14.9. The number of aromatic nitrogens is 1. The molecule has 0 radical (unpaired) electrons. The minimum absolute atomic E-state index is 0.0422. The number of furan rings is 1. The Morgan fingerprint density at radius 2 is 2.35 bits per heavy atom. The third-order valence-corrected chi connectivity index (χ3v) is 3.43. The number of nitrogens with one attached hydrogen (secondary N) is 1. The molecule has 0 unspecified atom stereocenters. The largest absolute Gasteiger partial charge is 0.468 e. The second-order valence-electron chi connectivity index (χ2n) is 4.10. The highest BCUT2D eigenvalue weighted by Gasteiger charge is 2.12. The summed E-state index contributed by atoms with van der Waals surface area (Å²) in [5, 5.41) is 14.6. The number of hydrogen-bond donors (Lipinski definition) is 1. The van der Waals surface area contributed by atoms with Gasteiger partial charge in [0, 0.05) is 12.6 Å². The van der Waals surface area contributed by atoms with E-state index in [0.29, 0.717) is 16.6 Å². The first-order valence-corrected chi connectivity index (χ1v) is 7.23. The number of anilines is 1. The lowest BCUT2D eigenvalue weighted by Gasteiger charge is -2.06. The van der Waals surface area contributed by atoms with Crippen molar-refractivity contribution >= 4 is 23.3 Å². The van der Waals surface area contributed by atoms with E-state index in [1.54, 1.807) is 6.26 Å². The monoisotopic (exact) mass is 293 g/mol. The van der Waals surface area contributed by atoms with Crippen LogP contribution in [0.4, 0.5) is 11.5 Å². The van der Waals surface area contributed by atoms with Crippen LogP contribution in [0.2, 0.25) is 0 Å². The predicted molar refractivity (Wildman–Crippen MR) is 77.9 cm³/mol. The van der Waals surface area contributed by atoms with Crippen molar-refractivity contribution in [3.63, 3.8) is 0 Å². The maximum absolute atomic E-state index is 10.9. The SMILES string of the molecule is CCCNc1cc([N+](=O)[O-])cc(SCc2ccco2)n1. The Kier molecular flexibility index (Phi) is 5.00. The minimum Gasteiger partial charge on any atom is -0.468 e. The Hall–Kier alpha value is -2.02. The van der Waals surface area contributed by atoms with Gasteiger partial charge in [0.05, 0.1) is 23.0 Å². The van der Waals surface area contributed by atoms with Crippen molar-refractivity contribution < 1.29 is 9.34 Å². The highest BCUT2D eigenvalue weighted by atomic mass is 32.2. The molecule has 2 heterocycles. The van der Waals surface area contributed by atoms with Crippen molar-refractivity contribution in [2.24, 2.45) is 0 Å². The molecular formula is C13H15N3O3S. The fraction of sp³-hybridized carbons (Fsp3) is 0.308. The van der Waals surface area contributed by atoms with Crippen LogP contribution < -0.4 is 5.32 Å². The molecule has 0 aromatic carbocycles. The highest BCUT2D eigenvalue weighted by molar-refractivity contribution is 7.98. The van der Waals surface area contributed by atoms with Crippen LogP contribution in [-0.2, 0) is 5.75 Å². The van der Waals surface area contributed by atoms with E-state index in [-0.39, 0.29) is 5.69 Å². The Labute approximate surface area is 120 Å². The number of hydrogen-bond acceptors (Lipinski definition) is 6. The van der Waals surface area contributed by atoms with E-state index in [2.05, 4.69) is 10.3 Å². The quantitative estimate of drug-likeness (QED) is 0.476. The number of pyridine rings is 1. The van der Waals surface area contributed by atoms with Crippen molar-refractivity contribution in [1.29, 1.82) is 0 Å². The second-order valence-corrected chi connectivity index (χ2v) is 5.10. The summed E-state index contributed by atoms with van der Waals surface area (Å²) in [7, 11) is 0. The molecule has 0 atom stereocenters. The zero-order chi connectivity index (χ0) is 14.4. The van der Waals surface area contributed by atoms with E-state index in [1.165, 1.54) is 23.9 Å². The van der Waals surface area contributed by atoms with Crippen LogP contribution in [0, 0.1) is 10.1 Å². The lowest BCUT2D eigenvalue weighted by atomic mass is 10.4. The Bertz CT molecular complexity index is 572. The average molecular weight is 293 g/mol. The molecule has 0 bridgehead atoms. The van der Waals surface area contributed by atoms with Crippen molar-refractivity contribution in [1.82, 2.24) is 4.98 Å². The summed E-state index contributed by atoms with van der Waals surface area (Å²) in [5.41, 5.74) is 0.0422. The molecule has 0 saturated heterocycles. The normalized spacial score (nSPS) is 10.4. The summed E-state index contributed by atoms with van der Waals surface area (Å²) in [6.07, 6.45) is 2.53. The Balaban J connectivity index is 2.13. The van der Waals surface area contributed by atoms with Gasteiger partial charge in [0.1, 0.15) is 16.6 Å². The van der Waals surface area contributed by atoms with Crippen LogP contribution in [0.3, 0.4) is 0 Å². The van der Waals surface area contributed by atoms with E-state index in [4.69, 9.17) is 4.42 Å². The van der Waals surface area contributed by atoms with Crippen LogP contribution in [0.1, 0.15) is 19.1 Å². The Morgan fingerprint density at radius 1 is 1.50 bits per heavy atom. The molecule has 0 amide bonds. The summed E-state index contributed by atoms with van der Waals surface area (Å²) in [6, 6.07) is 6.60. The van der Waals surface area contributed by atoms with Gasteiger partial charge in [-0.3, -0.25) is 10.1 Å². The molecule has 2 aromatic heterocycles. The molecule has 1 N–H and O–H groups in total. The van der Waals surface area contributed by atoms with Gasteiger partial charge in [-0.05, 0) is 18.6 Å². The van der Waals surface area contributed by atoms with E-state index in [0.717, 1.165) is 18.7 Å². The van der Waals surface area contributed by atoms with Crippen LogP contribution in [0.5, 0.6) is 0 Å². The molecule has 0 saturated carbocycles. The molecule has 0 aliphatic rings. The maximum Gasteiger partial charge on any atom is 0.275 e. The highest BCUT2D eigenvalue weighted by Crippen LogP contribution is 2.27. The van der Waals surface area contributed by atoms with Gasteiger partial charge in [0.2, 0.25) is 0 Å². The van der Waals surface area contributed by atoms with Crippen molar-refractivity contribution in [3.8, 4) is 0 Å². The fourth-order valence-corrected chi connectivity index (χ4v) is 2.38. The number of thioether (sulfide) groups is 1. The summed E-state index contributed by atoms with van der Waals surface area (Å²) in [6.45, 7) is 2.76. The van der Waals surface area contributed by atoms with Gasteiger partial charge in [-0.2, -0.15) is 0 Å². The van der Waals surface area contributed by atoms with E-state index in [9.17, 15) is 10.1 Å². The predicted octanol–water partition coefficient (Wildman–Crippen LogP) is 3.70. The zero-order valence-electron chi connectivity index (χ0n) is 11.0. The van der Waals surface area contributed by atoms with Crippen LogP contribution in [0.25, 0.3) is 0 Å². The lowest BCUT2D eigenvalue weighted by molar-refractivity contribution is -0.385. The standard InChI is InChI=1S/C13H15N3O3S/c1-2-5-14-12-7-10(16(17)18)8-13(15-12)20-9-11-4-3-6-19-11/h3-4,6-8H,2,5,9H2,1H3,(H,14,15). The third kappa shape index (κ3) is 3.99. The topological polar surface area (TPSA) is 81.2 Å². The van der Waals surface area contributed by atoms with Gasteiger partial charge < -0.3 is 9.73 Å². The lowest BCUT2D eigenvalue weighted by Crippen LogP contribution is -2.03. The van der Waals surface area contributed by atoms with Gasteiger partial charge in [-0.25, -0.2) is 4.98 Å². The molecule has 2 rings (SSSR count). The first-order chi connectivity index (χ1) is 9.69. The molecule has 2 aromatic rings. The summed E-state index contributed by atoms with van der Waals surface area (Å²) < 4.78 is 5.23. The van der Waals surface area contributed by atoms with Gasteiger partial charge in [-0.15, -0.1) is 0 Å². The molecule has 0 aliphatic carbocycles. The average Bonchev–Trinajstić information content (AvgIpc) is 2.96. The van der Waals surface area contributed by atoms with Crippen LogP contribution in [0.15, 0.2) is 40.0 Å². The second kappa shape index (κ2) is 6.95. The number of rotatable bonds is 7. The molecule has 7 heteroatoms. The fourth-order valence-electron chi connectivity index (χ4n) is 1.55. The third-order valence-electron chi connectivity index (χ3n) is 2.50. The van der Waals surface area contributed by atoms with Crippen molar-refractivity contribution in [3.05, 3.63) is 46.4 Å². The molecule has 0 aliphatic heterocycles. The van der Waals surface area contributed by atoms with Crippen LogP contribution >= 0.6 is 11.8 Å². The van der Waals surface area contributed by atoms with Gasteiger partial charge in [-0.1, -0.05) is 18.7 Å². The molecule has 106 valence electrons. The maximum atomic E-state index is 10.9. The van der Waals surface area contributed by atoms with Crippen molar-refractivity contribution in [2.75, 3.05) is 11.9 Å². The molecule has 6 nitrogen and oxygen atoms in total. The minimum atomic E-state index is -0.407. The molecule has 0 fully saturated rings. The van der Waals surface area contributed by atoms with Gasteiger partial charge in [0.15, 0.2) is 0 Å². The van der Waals surface area contributed by atoms with E-state index < -0.39 is 4.92 Å². The van der Waals surface area contributed by atoms with Crippen LogP contribution in [-0.4, -0.2) is 16.5 Å². The molecule has 20 heavy (non-hydrogen) atoms. The number of nitro groups is 1. The molecule has 0 spiro atoms. The smallest absolute Gasteiger partial charge is 0.275 e. The van der Waals surface area contributed by atoms with Gasteiger partial charge >= 0.3 is 0 Å². The van der Waals surface area contributed by atoms with E-state index in [1.807, 2.05) is 19.1 Å². The summed E-state index contributed by atoms with van der Waals surface area (Å²) in [5.74, 6) is 1.93. The van der Waals surface area contributed by atoms with E-state index >= 15 is 0 Å². The first-order valence-electron chi connectivity index (χ1n) is 6.24. The number of nitrogens with zero attached hydrogens (tertiary/aromatic N) is 2. The first kappa shape index (κ1) is 14.4. The van der Waals surface area contributed by atoms with Crippen molar-refractivity contribution in [2.45, 2.75) is 24.1 Å². The summed E-state index contributed by atoms with van der Waals surface area (Å²) >= 11 is 1.41. The Morgan fingerprint density at radius 3 is 3.00 bits per heavy atom. The zero-order valence-corrected chi connectivity index (χ0v) is 11.9. The molecular weight excluding hydrogens is 278 g/mol.